The van der Waals surface area contributed by atoms with Gasteiger partial charge in [-0.15, -0.1) is 0 Å². The third kappa shape index (κ3) is 8.46. The minimum atomic E-state index is -0.802. The predicted molar refractivity (Wildman–Crippen MR) is 183 cm³/mol. The maximum atomic E-state index is 13.3. The molecule has 8 heteroatoms. The summed E-state index contributed by atoms with van der Waals surface area (Å²) in [6.07, 6.45) is -0.205. The zero-order valence-electron chi connectivity index (χ0n) is 27.3. The molecule has 1 saturated heterocycles. The maximum absolute atomic E-state index is 13.3. The fourth-order valence-corrected chi connectivity index (χ4v) is 6.15. The summed E-state index contributed by atoms with van der Waals surface area (Å²) in [5.41, 5.74) is 2.49. The number of esters is 1. The number of carbonyl (C=O) groups excluding carboxylic acids is 2. The van der Waals surface area contributed by atoms with Gasteiger partial charge in [-0.3, -0.25) is 10.2 Å². The second kappa shape index (κ2) is 15.4. The number of carbonyl (C=O) groups is 2. The van der Waals surface area contributed by atoms with E-state index in [-0.39, 0.29) is 25.8 Å². The zero-order valence-corrected chi connectivity index (χ0v) is 27.3. The quantitative estimate of drug-likeness (QED) is 0.137. The second-order valence-corrected chi connectivity index (χ2v) is 13.0. The van der Waals surface area contributed by atoms with Crippen molar-refractivity contribution in [3.8, 4) is 0 Å². The van der Waals surface area contributed by atoms with Crippen LogP contribution in [-0.2, 0) is 26.4 Å². The molecule has 0 aliphatic carbocycles. The summed E-state index contributed by atoms with van der Waals surface area (Å²) in [6.45, 7) is 6.02. The van der Waals surface area contributed by atoms with E-state index in [2.05, 4.69) is 47.0 Å². The number of aliphatic hydroxyl groups is 1. The van der Waals surface area contributed by atoms with Gasteiger partial charge >= 0.3 is 12.1 Å². The van der Waals surface area contributed by atoms with E-state index in [0.29, 0.717) is 13.0 Å². The molecule has 5 rings (SSSR count). The molecular formula is C39H45N3O5. The number of likely N-dealkylation sites (tertiary alicyclic amines) is 1. The van der Waals surface area contributed by atoms with Crippen molar-refractivity contribution in [1.29, 1.82) is 0 Å². The van der Waals surface area contributed by atoms with Crippen LogP contribution in [0.4, 0.5) is 4.79 Å². The van der Waals surface area contributed by atoms with Crippen molar-refractivity contribution in [2.24, 2.45) is 0 Å². The number of nitrogens with one attached hydrogen (secondary N) is 2. The number of rotatable bonds is 12. The molecule has 0 radical (unpaired) electrons. The molecule has 0 spiro atoms. The zero-order chi connectivity index (χ0) is 33.3. The maximum Gasteiger partial charge on any atom is 0.411 e. The molecule has 1 aliphatic rings. The molecule has 1 amide bonds. The van der Waals surface area contributed by atoms with Gasteiger partial charge in [-0.2, -0.15) is 0 Å². The molecule has 4 aromatic carbocycles. The molecule has 0 bridgehead atoms. The Hall–Kier alpha value is -4.50. The largest absolute Gasteiger partial charge is 0.459 e. The Kier molecular flexibility index (Phi) is 11.1. The van der Waals surface area contributed by atoms with E-state index in [1.807, 2.05) is 84.9 Å². The number of amides is 1. The first kappa shape index (κ1) is 33.9. The molecule has 0 aromatic heterocycles. The first-order valence-corrected chi connectivity index (χ1v) is 16.2. The Morgan fingerprint density at radius 1 is 0.809 bits per heavy atom. The highest BCUT2D eigenvalue weighted by Gasteiger charge is 2.43. The minimum Gasteiger partial charge on any atom is -0.459 e. The van der Waals surface area contributed by atoms with E-state index >= 15 is 0 Å². The SMILES string of the molecule is CC(C)(C)OC(=O)N1C[C@@H](NC[C@H](CO)NC(c2ccccc2)(c2ccccc2)c2ccccc2)C[C@H]1C(=O)OCc1ccccc1. The molecule has 1 fully saturated rings. The van der Waals surface area contributed by atoms with Crippen molar-refractivity contribution in [2.75, 3.05) is 19.7 Å². The molecule has 1 aliphatic heterocycles. The van der Waals surface area contributed by atoms with Crippen LogP contribution in [0.15, 0.2) is 121 Å². The third-order valence-corrected chi connectivity index (χ3v) is 8.34. The third-order valence-electron chi connectivity index (χ3n) is 8.34. The Bertz CT molecular complexity index is 1470. The van der Waals surface area contributed by atoms with Crippen molar-refractivity contribution < 1.29 is 24.2 Å². The van der Waals surface area contributed by atoms with E-state index in [9.17, 15) is 14.7 Å². The summed E-state index contributed by atoms with van der Waals surface area (Å²) in [5, 5.41) is 18.1. The Morgan fingerprint density at radius 3 is 1.77 bits per heavy atom. The van der Waals surface area contributed by atoms with E-state index in [4.69, 9.17) is 9.47 Å². The number of benzene rings is 4. The lowest BCUT2D eigenvalue weighted by Gasteiger charge is -2.40. The number of ether oxygens (including phenoxy) is 2. The Morgan fingerprint density at radius 2 is 1.30 bits per heavy atom. The molecular weight excluding hydrogens is 590 g/mol. The monoisotopic (exact) mass is 635 g/mol. The second-order valence-electron chi connectivity index (χ2n) is 13.0. The molecule has 8 nitrogen and oxygen atoms in total. The van der Waals surface area contributed by atoms with Gasteiger partial charge in [0, 0.05) is 25.2 Å². The van der Waals surface area contributed by atoms with Crippen molar-refractivity contribution in [1.82, 2.24) is 15.5 Å². The molecule has 246 valence electrons. The van der Waals surface area contributed by atoms with Gasteiger partial charge < -0.3 is 19.9 Å². The van der Waals surface area contributed by atoms with E-state index < -0.39 is 35.3 Å². The number of aliphatic hydroxyl groups excluding tert-OH is 1. The van der Waals surface area contributed by atoms with E-state index in [1.165, 1.54) is 4.90 Å². The minimum absolute atomic E-state index is 0.119. The van der Waals surface area contributed by atoms with Crippen molar-refractivity contribution in [3.63, 3.8) is 0 Å². The Labute approximate surface area is 277 Å². The van der Waals surface area contributed by atoms with Crippen LogP contribution in [-0.4, -0.2) is 65.5 Å². The summed E-state index contributed by atoms with van der Waals surface area (Å²) in [4.78, 5) is 28.1. The lowest BCUT2D eigenvalue weighted by Crippen LogP contribution is -2.55. The van der Waals surface area contributed by atoms with Crippen molar-refractivity contribution in [2.45, 2.75) is 63.1 Å². The van der Waals surface area contributed by atoms with Crippen molar-refractivity contribution in [3.05, 3.63) is 144 Å². The van der Waals surface area contributed by atoms with Crippen LogP contribution in [0.3, 0.4) is 0 Å². The smallest absolute Gasteiger partial charge is 0.411 e. The van der Waals surface area contributed by atoms with Gasteiger partial charge in [-0.05, 0) is 49.4 Å². The Balaban J connectivity index is 1.36. The van der Waals surface area contributed by atoms with Crippen LogP contribution in [0.2, 0.25) is 0 Å². The first-order valence-electron chi connectivity index (χ1n) is 16.2. The van der Waals surface area contributed by atoms with Crippen LogP contribution in [0.1, 0.15) is 49.4 Å². The number of hydrogen-bond donors (Lipinski definition) is 3. The first-order chi connectivity index (χ1) is 22.7. The predicted octanol–water partition coefficient (Wildman–Crippen LogP) is 5.64. The highest BCUT2D eigenvalue weighted by molar-refractivity contribution is 5.82. The van der Waals surface area contributed by atoms with Crippen molar-refractivity contribution >= 4 is 12.1 Å². The van der Waals surface area contributed by atoms with Gasteiger partial charge in [0.05, 0.1) is 12.1 Å². The summed E-state index contributed by atoms with van der Waals surface area (Å²) in [7, 11) is 0. The van der Waals surface area contributed by atoms with E-state index in [1.54, 1.807) is 20.8 Å². The molecule has 0 unspecified atom stereocenters. The van der Waals surface area contributed by atoms with Crippen LogP contribution in [0.25, 0.3) is 0 Å². The summed E-state index contributed by atoms with van der Waals surface area (Å²) in [6, 6.07) is 38.7. The molecule has 47 heavy (non-hydrogen) atoms. The average molecular weight is 636 g/mol. The van der Waals surface area contributed by atoms with Gasteiger partial charge in [0.15, 0.2) is 0 Å². The van der Waals surface area contributed by atoms with Gasteiger partial charge in [0.2, 0.25) is 0 Å². The van der Waals surface area contributed by atoms with Gasteiger partial charge in [0.25, 0.3) is 0 Å². The molecule has 0 saturated carbocycles. The topological polar surface area (TPSA) is 100 Å². The van der Waals surface area contributed by atoms with Crippen LogP contribution >= 0.6 is 0 Å². The summed E-state index contributed by atoms with van der Waals surface area (Å²) < 4.78 is 11.3. The number of hydrogen-bond acceptors (Lipinski definition) is 7. The van der Waals surface area contributed by atoms with Crippen LogP contribution in [0, 0.1) is 0 Å². The highest BCUT2D eigenvalue weighted by atomic mass is 16.6. The fraction of sp³-hybridized carbons (Fsp3) is 0.333. The van der Waals surface area contributed by atoms with Gasteiger partial charge in [-0.25, -0.2) is 9.59 Å². The molecule has 3 atom stereocenters. The lowest BCUT2D eigenvalue weighted by molar-refractivity contribution is -0.150. The summed E-state index contributed by atoms with van der Waals surface area (Å²) >= 11 is 0. The highest BCUT2D eigenvalue weighted by Crippen LogP contribution is 2.37. The standard InChI is InChI=1S/C39H45N3O5/c1-38(2,3)47-37(45)42-26-33(24-35(42)36(44)46-28-29-16-8-4-9-17-29)40-25-34(27-43)41-39(30-18-10-5-11-19-30,31-20-12-6-13-21-31)32-22-14-7-15-23-32/h4-23,33-35,40-41,43H,24-28H2,1-3H3/t33-,34+,35-/m0/s1. The van der Waals surface area contributed by atoms with Crippen LogP contribution < -0.4 is 10.6 Å². The van der Waals surface area contributed by atoms with Gasteiger partial charge in [-0.1, -0.05) is 121 Å². The molecule has 4 aromatic rings. The molecule has 1 heterocycles. The van der Waals surface area contributed by atoms with Gasteiger partial charge in [0.1, 0.15) is 18.2 Å². The lowest BCUT2D eigenvalue weighted by atomic mass is 9.76. The number of nitrogens with zero attached hydrogens (tertiary/aromatic N) is 1. The van der Waals surface area contributed by atoms with E-state index in [0.717, 1.165) is 22.3 Å². The normalized spacial score (nSPS) is 17.2. The van der Waals surface area contributed by atoms with Crippen LogP contribution in [0.5, 0.6) is 0 Å². The fourth-order valence-electron chi connectivity index (χ4n) is 6.15. The summed E-state index contributed by atoms with van der Waals surface area (Å²) in [5.74, 6) is -0.475. The molecule has 3 N–H and O–H groups in total. The average Bonchev–Trinajstić information content (AvgIpc) is 3.53.